The van der Waals surface area contributed by atoms with Gasteiger partial charge in [-0.25, -0.2) is 0 Å². The summed E-state index contributed by atoms with van der Waals surface area (Å²) in [5.74, 6) is 1.60. The van der Waals surface area contributed by atoms with Crippen molar-refractivity contribution in [3.63, 3.8) is 0 Å². The smallest absolute Gasteiger partial charge is 0.234 e. The number of likely N-dealkylation sites (N-methyl/N-ethyl adjacent to an activating group) is 1. The summed E-state index contributed by atoms with van der Waals surface area (Å²) < 4.78 is 0. The van der Waals surface area contributed by atoms with Crippen molar-refractivity contribution >= 4 is 5.91 Å². The molecule has 2 aliphatic rings. The molecule has 0 spiro atoms. The van der Waals surface area contributed by atoms with Gasteiger partial charge in [0.15, 0.2) is 0 Å². The van der Waals surface area contributed by atoms with Crippen LogP contribution in [0.15, 0.2) is 0 Å². The van der Waals surface area contributed by atoms with E-state index in [1.807, 2.05) is 0 Å². The summed E-state index contributed by atoms with van der Waals surface area (Å²) in [6, 6.07) is 0.406. The van der Waals surface area contributed by atoms with Crippen LogP contribution in [0, 0.1) is 11.8 Å². The lowest BCUT2D eigenvalue weighted by atomic mass is 9.86. The summed E-state index contributed by atoms with van der Waals surface area (Å²) >= 11 is 0. The maximum atomic E-state index is 12.1. The lowest BCUT2D eigenvalue weighted by molar-refractivity contribution is -0.123. The Balaban J connectivity index is 1.67. The van der Waals surface area contributed by atoms with E-state index in [4.69, 9.17) is 0 Å². The molecule has 0 aromatic rings. The fraction of sp³-hybridized carbons (Fsp3) is 0.938. The fourth-order valence-electron chi connectivity index (χ4n) is 3.60. The Bertz CT molecular complexity index is 302. The van der Waals surface area contributed by atoms with Crippen molar-refractivity contribution in [2.45, 2.75) is 51.5 Å². The first-order chi connectivity index (χ1) is 9.65. The zero-order valence-electron chi connectivity index (χ0n) is 13.2. The zero-order valence-corrected chi connectivity index (χ0v) is 13.2. The first-order valence-electron chi connectivity index (χ1n) is 8.34. The average Bonchev–Trinajstić information content (AvgIpc) is 2.42. The van der Waals surface area contributed by atoms with Gasteiger partial charge in [-0.15, -0.1) is 0 Å². The van der Waals surface area contributed by atoms with E-state index in [-0.39, 0.29) is 5.91 Å². The summed E-state index contributed by atoms with van der Waals surface area (Å²) in [6.45, 7) is 6.12. The van der Waals surface area contributed by atoms with Crippen molar-refractivity contribution in [2.24, 2.45) is 11.8 Å². The Morgan fingerprint density at radius 1 is 1.20 bits per heavy atom. The van der Waals surface area contributed by atoms with Crippen molar-refractivity contribution in [2.75, 3.05) is 33.2 Å². The number of rotatable bonds is 5. The molecule has 1 saturated carbocycles. The molecule has 4 nitrogen and oxygen atoms in total. The van der Waals surface area contributed by atoms with Gasteiger partial charge in [-0.2, -0.15) is 0 Å². The number of hydrogen-bond acceptors (Lipinski definition) is 3. The number of nitrogens with one attached hydrogen (secondary N) is 2. The van der Waals surface area contributed by atoms with E-state index >= 15 is 0 Å². The van der Waals surface area contributed by atoms with Crippen LogP contribution in [0.25, 0.3) is 0 Å². The molecule has 0 radical (unpaired) electrons. The van der Waals surface area contributed by atoms with Gasteiger partial charge in [0, 0.05) is 12.6 Å². The van der Waals surface area contributed by atoms with Crippen LogP contribution in [0.3, 0.4) is 0 Å². The molecule has 1 aliphatic heterocycles. The number of carbonyl (C=O) groups is 1. The molecular weight excluding hydrogens is 250 g/mol. The van der Waals surface area contributed by atoms with E-state index in [1.165, 1.54) is 32.1 Å². The zero-order chi connectivity index (χ0) is 14.4. The Kier molecular flexibility index (Phi) is 6.30. The fourth-order valence-corrected chi connectivity index (χ4v) is 3.60. The summed E-state index contributed by atoms with van der Waals surface area (Å²) in [5.41, 5.74) is 0. The third kappa shape index (κ3) is 5.06. The van der Waals surface area contributed by atoms with Gasteiger partial charge in [0.2, 0.25) is 5.91 Å². The highest BCUT2D eigenvalue weighted by molar-refractivity contribution is 5.78. The van der Waals surface area contributed by atoms with Crippen LogP contribution in [0.2, 0.25) is 0 Å². The molecule has 2 rings (SSSR count). The monoisotopic (exact) mass is 281 g/mol. The third-order valence-corrected chi connectivity index (χ3v) is 4.90. The molecule has 116 valence electrons. The van der Waals surface area contributed by atoms with Gasteiger partial charge < -0.3 is 10.6 Å². The quantitative estimate of drug-likeness (QED) is 0.805. The standard InChI is InChI=1S/C16H31N3O/c1-13-5-3-4-6-15(13)18-16(20)12-19(2)11-14-7-9-17-10-8-14/h13-15,17H,3-12H2,1-2H3,(H,18,20). The van der Waals surface area contributed by atoms with Crippen molar-refractivity contribution in [3.8, 4) is 0 Å². The van der Waals surface area contributed by atoms with Gasteiger partial charge in [-0.05, 0) is 57.7 Å². The van der Waals surface area contributed by atoms with Crippen molar-refractivity contribution in [3.05, 3.63) is 0 Å². The summed E-state index contributed by atoms with van der Waals surface area (Å²) in [4.78, 5) is 14.3. The van der Waals surface area contributed by atoms with Crippen molar-refractivity contribution in [1.82, 2.24) is 15.5 Å². The Morgan fingerprint density at radius 3 is 2.60 bits per heavy atom. The third-order valence-electron chi connectivity index (χ3n) is 4.90. The van der Waals surface area contributed by atoms with Crippen LogP contribution in [-0.4, -0.2) is 50.1 Å². The Labute approximate surface area is 123 Å². The highest BCUT2D eigenvalue weighted by Gasteiger charge is 2.23. The van der Waals surface area contributed by atoms with Gasteiger partial charge in [0.1, 0.15) is 0 Å². The Hall–Kier alpha value is -0.610. The van der Waals surface area contributed by atoms with E-state index in [1.54, 1.807) is 0 Å². The summed E-state index contributed by atoms with van der Waals surface area (Å²) in [5, 5.41) is 6.63. The largest absolute Gasteiger partial charge is 0.352 e. The lowest BCUT2D eigenvalue weighted by Gasteiger charge is -2.31. The van der Waals surface area contributed by atoms with Crippen LogP contribution in [0.5, 0.6) is 0 Å². The second kappa shape index (κ2) is 7.99. The molecule has 0 aromatic carbocycles. The van der Waals surface area contributed by atoms with Gasteiger partial charge in [-0.1, -0.05) is 19.8 Å². The second-order valence-electron chi connectivity index (χ2n) is 6.83. The number of nitrogens with zero attached hydrogens (tertiary/aromatic N) is 1. The molecule has 1 saturated heterocycles. The number of amides is 1. The van der Waals surface area contributed by atoms with Gasteiger partial charge in [0.25, 0.3) is 0 Å². The predicted molar refractivity (Wildman–Crippen MR) is 82.7 cm³/mol. The molecule has 2 atom stereocenters. The van der Waals surface area contributed by atoms with Gasteiger partial charge in [0.05, 0.1) is 6.54 Å². The minimum absolute atomic E-state index is 0.209. The minimum atomic E-state index is 0.209. The molecule has 2 fully saturated rings. The summed E-state index contributed by atoms with van der Waals surface area (Å²) in [6.07, 6.45) is 7.49. The maximum absolute atomic E-state index is 12.1. The lowest BCUT2D eigenvalue weighted by Crippen LogP contribution is -2.46. The predicted octanol–water partition coefficient (Wildman–Crippen LogP) is 1.61. The van der Waals surface area contributed by atoms with Gasteiger partial charge in [-0.3, -0.25) is 9.69 Å². The number of hydrogen-bond donors (Lipinski definition) is 2. The Morgan fingerprint density at radius 2 is 1.90 bits per heavy atom. The SMILES string of the molecule is CC1CCCCC1NC(=O)CN(C)CC1CCNCC1. The first-order valence-corrected chi connectivity index (χ1v) is 8.34. The molecular formula is C16H31N3O. The molecule has 0 aromatic heterocycles. The van der Waals surface area contributed by atoms with Gasteiger partial charge >= 0.3 is 0 Å². The van der Waals surface area contributed by atoms with E-state index in [9.17, 15) is 4.79 Å². The van der Waals surface area contributed by atoms with Crippen LogP contribution in [0.4, 0.5) is 0 Å². The van der Waals surface area contributed by atoms with E-state index in [0.717, 1.165) is 32.0 Å². The van der Waals surface area contributed by atoms with Crippen LogP contribution in [0.1, 0.15) is 45.4 Å². The maximum Gasteiger partial charge on any atom is 0.234 e. The molecule has 2 unspecified atom stereocenters. The molecule has 0 bridgehead atoms. The molecule has 2 N–H and O–H groups in total. The topological polar surface area (TPSA) is 44.4 Å². The highest BCUT2D eigenvalue weighted by Crippen LogP contribution is 2.23. The van der Waals surface area contributed by atoms with E-state index < -0.39 is 0 Å². The first kappa shape index (κ1) is 15.8. The van der Waals surface area contributed by atoms with Crippen LogP contribution >= 0.6 is 0 Å². The van der Waals surface area contributed by atoms with Crippen molar-refractivity contribution in [1.29, 1.82) is 0 Å². The molecule has 20 heavy (non-hydrogen) atoms. The van der Waals surface area contributed by atoms with Crippen molar-refractivity contribution < 1.29 is 4.79 Å². The van der Waals surface area contributed by atoms with Crippen LogP contribution < -0.4 is 10.6 Å². The second-order valence-corrected chi connectivity index (χ2v) is 6.83. The molecule has 1 aliphatic carbocycles. The summed E-state index contributed by atoms with van der Waals surface area (Å²) in [7, 11) is 2.08. The highest BCUT2D eigenvalue weighted by atomic mass is 16.2. The number of piperidine rings is 1. The number of carbonyl (C=O) groups excluding carboxylic acids is 1. The van der Waals surface area contributed by atoms with E-state index in [0.29, 0.717) is 18.5 Å². The average molecular weight is 281 g/mol. The molecule has 1 heterocycles. The molecule has 4 heteroatoms. The van der Waals surface area contributed by atoms with E-state index in [2.05, 4.69) is 29.5 Å². The molecule has 1 amide bonds. The normalized spacial score (nSPS) is 28.6. The minimum Gasteiger partial charge on any atom is -0.352 e. The van der Waals surface area contributed by atoms with Crippen LogP contribution in [-0.2, 0) is 4.79 Å².